The van der Waals surface area contributed by atoms with Crippen LogP contribution in [0.4, 0.5) is 0 Å². The molecular weight excluding hydrogens is 386 g/mol. The van der Waals surface area contributed by atoms with Gasteiger partial charge in [0.15, 0.2) is 0 Å². The number of rotatable bonds is 10. The van der Waals surface area contributed by atoms with E-state index in [0.717, 1.165) is 74.7 Å². The summed E-state index contributed by atoms with van der Waals surface area (Å²) in [5.74, 6) is 1.95. The van der Waals surface area contributed by atoms with Gasteiger partial charge < -0.3 is 14.7 Å². The lowest BCUT2D eigenvalue weighted by Crippen LogP contribution is -2.30. The number of hydrogen-bond donors (Lipinski definition) is 1. The van der Waals surface area contributed by atoms with Gasteiger partial charge in [0.25, 0.3) is 0 Å². The summed E-state index contributed by atoms with van der Waals surface area (Å²) in [5.41, 5.74) is 1.98. The van der Waals surface area contributed by atoms with E-state index in [2.05, 4.69) is 10.5 Å². The molecule has 0 radical (unpaired) electrons. The quantitative estimate of drug-likeness (QED) is 0.566. The highest BCUT2D eigenvalue weighted by molar-refractivity contribution is 5.85. The second-order valence-corrected chi connectivity index (χ2v) is 7.90. The molecule has 1 saturated heterocycles. The number of nitrogens with zero attached hydrogens (tertiary/aromatic N) is 2. The molecule has 29 heavy (non-hydrogen) atoms. The third-order valence-electron chi connectivity index (χ3n) is 5.70. The van der Waals surface area contributed by atoms with Crippen molar-refractivity contribution in [2.24, 2.45) is 5.92 Å². The molecule has 2 heterocycles. The Kier molecular flexibility index (Phi) is 10.2. The maximum atomic E-state index is 12.3. The molecule has 0 saturated carbocycles. The number of aromatic nitrogens is 1. The van der Waals surface area contributed by atoms with Crippen molar-refractivity contribution < 1.29 is 9.32 Å². The van der Waals surface area contributed by atoms with Gasteiger partial charge in [-0.1, -0.05) is 41.9 Å². The number of amides is 1. The molecule has 1 aliphatic rings. The number of benzene rings is 1. The van der Waals surface area contributed by atoms with Gasteiger partial charge in [-0.3, -0.25) is 4.79 Å². The van der Waals surface area contributed by atoms with Crippen molar-refractivity contribution in [2.45, 2.75) is 51.4 Å². The predicted molar refractivity (Wildman–Crippen MR) is 119 cm³/mol. The van der Waals surface area contributed by atoms with Crippen LogP contribution >= 0.6 is 12.4 Å². The summed E-state index contributed by atoms with van der Waals surface area (Å²) in [6.45, 7) is 3.05. The molecule has 1 aromatic carbocycles. The van der Waals surface area contributed by atoms with Gasteiger partial charge in [0.2, 0.25) is 5.91 Å². The van der Waals surface area contributed by atoms with E-state index < -0.39 is 0 Å². The van der Waals surface area contributed by atoms with E-state index in [1.54, 1.807) is 0 Å². The molecule has 0 unspecified atom stereocenters. The summed E-state index contributed by atoms with van der Waals surface area (Å²) >= 11 is 0. The second kappa shape index (κ2) is 12.7. The van der Waals surface area contributed by atoms with Crippen LogP contribution in [0.5, 0.6) is 0 Å². The number of unbranched alkanes of at least 4 members (excludes halogenated alkanes) is 2. The minimum absolute atomic E-state index is 0. The van der Waals surface area contributed by atoms with Crippen LogP contribution in [0, 0.1) is 5.92 Å². The molecule has 1 amide bonds. The van der Waals surface area contributed by atoms with E-state index in [0.29, 0.717) is 12.3 Å². The SMILES string of the molecule is CN(CCCCCc1cc(-c2ccccc2)no1)C(=O)CCC1CCNCC1.Cl. The molecule has 1 fully saturated rings. The minimum atomic E-state index is 0. The van der Waals surface area contributed by atoms with Crippen LogP contribution in [0.1, 0.15) is 50.7 Å². The fraction of sp³-hybridized carbons (Fsp3) is 0.565. The molecule has 2 aromatic rings. The van der Waals surface area contributed by atoms with Gasteiger partial charge in [-0.25, -0.2) is 0 Å². The van der Waals surface area contributed by atoms with E-state index >= 15 is 0 Å². The average molecular weight is 420 g/mol. The molecule has 1 aliphatic heterocycles. The van der Waals surface area contributed by atoms with Crippen LogP contribution in [0.2, 0.25) is 0 Å². The van der Waals surface area contributed by atoms with Gasteiger partial charge in [0.1, 0.15) is 11.5 Å². The Morgan fingerprint density at radius 3 is 2.69 bits per heavy atom. The first kappa shape index (κ1) is 23.4. The maximum Gasteiger partial charge on any atom is 0.222 e. The lowest BCUT2D eigenvalue weighted by Gasteiger charge is -2.23. The van der Waals surface area contributed by atoms with Crippen LogP contribution in [0.25, 0.3) is 11.3 Å². The van der Waals surface area contributed by atoms with E-state index in [1.165, 1.54) is 12.8 Å². The topological polar surface area (TPSA) is 58.4 Å². The highest BCUT2D eigenvalue weighted by Gasteiger charge is 2.16. The molecule has 1 aromatic heterocycles. The van der Waals surface area contributed by atoms with E-state index in [4.69, 9.17) is 4.52 Å². The lowest BCUT2D eigenvalue weighted by atomic mass is 9.93. The monoisotopic (exact) mass is 419 g/mol. The zero-order valence-electron chi connectivity index (χ0n) is 17.4. The standard InChI is InChI=1S/C23H33N3O2.ClH/c1-26(23(27)12-11-19-13-15-24-16-14-19)17-7-3-6-10-21-18-22(25-28-21)20-8-4-2-5-9-20;/h2,4-5,8-9,18-19,24H,3,6-7,10-17H2,1H3;1H. The largest absolute Gasteiger partial charge is 0.361 e. The Bertz CT molecular complexity index is 714. The highest BCUT2D eigenvalue weighted by atomic mass is 35.5. The molecular formula is C23H34ClN3O2. The number of piperidine rings is 1. The van der Waals surface area contributed by atoms with Crippen molar-refractivity contribution in [1.29, 1.82) is 0 Å². The second-order valence-electron chi connectivity index (χ2n) is 7.90. The van der Waals surface area contributed by atoms with Crippen LogP contribution in [0.3, 0.4) is 0 Å². The minimum Gasteiger partial charge on any atom is -0.361 e. The van der Waals surface area contributed by atoms with E-state index in [9.17, 15) is 4.79 Å². The van der Waals surface area contributed by atoms with Gasteiger partial charge in [-0.2, -0.15) is 0 Å². The summed E-state index contributed by atoms with van der Waals surface area (Å²) in [7, 11) is 1.94. The Morgan fingerprint density at radius 2 is 1.93 bits per heavy atom. The molecule has 0 atom stereocenters. The third kappa shape index (κ3) is 7.82. The van der Waals surface area contributed by atoms with Gasteiger partial charge in [0.05, 0.1) is 0 Å². The molecule has 0 aliphatic carbocycles. The van der Waals surface area contributed by atoms with Crippen molar-refractivity contribution in [3.63, 3.8) is 0 Å². The summed E-state index contributed by atoms with van der Waals surface area (Å²) in [5, 5.41) is 7.54. The first-order valence-corrected chi connectivity index (χ1v) is 10.7. The summed E-state index contributed by atoms with van der Waals surface area (Å²) in [4.78, 5) is 14.2. The smallest absolute Gasteiger partial charge is 0.222 e. The summed E-state index contributed by atoms with van der Waals surface area (Å²) in [6, 6.07) is 12.1. The van der Waals surface area contributed by atoms with Gasteiger partial charge >= 0.3 is 0 Å². The first-order valence-electron chi connectivity index (χ1n) is 10.7. The Labute approximate surface area is 180 Å². The molecule has 1 N–H and O–H groups in total. The zero-order chi connectivity index (χ0) is 19.6. The normalized spacial score (nSPS) is 14.4. The number of halogens is 1. The fourth-order valence-electron chi connectivity index (χ4n) is 3.81. The van der Waals surface area contributed by atoms with Gasteiger partial charge in [0, 0.05) is 38.1 Å². The van der Waals surface area contributed by atoms with Crippen molar-refractivity contribution >= 4 is 18.3 Å². The van der Waals surface area contributed by atoms with Crippen LogP contribution < -0.4 is 5.32 Å². The van der Waals surface area contributed by atoms with Crippen molar-refractivity contribution in [2.75, 3.05) is 26.7 Å². The molecule has 0 bridgehead atoms. The van der Waals surface area contributed by atoms with Crippen LogP contribution in [0.15, 0.2) is 40.9 Å². The number of carbonyl (C=O) groups excluding carboxylic acids is 1. The average Bonchev–Trinajstić information content (AvgIpc) is 3.22. The summed E-state index contributed by atoms with van der Waals surface area (Å²) < 4.78 is 5.46. The number of hydrogen-bond acceptors (Lipinski definition) is 4. The van der Waals surface area contributed by atoms with E-state index in [-0.39, 0.29) is 12.4 Å². The van der Waals surface area contributed by atoms with Crippen molar-refractivity contribution in [1.82, 2.24) is 15.4 Å². The highest BCUT2D eigenvalue weighted by Crippen LogP contribution is 2.20. The first-order chi connectivity index (χ1) is 13.7. The molecule has 6 heteroatoms. The predicted octanol–water partition coefficient (Wildman–Crippen LogP) is 4.71. The number of carbonyl (C=O) groups is 1. The van der Waals surface area contributed by atoms with Crippen LogP contribution in [-0.4, -0.2) is 42.6 Å². The van der Waals surface area contributed by atoms with E-state index in [1.807, 2.05) is 48.3 Å². The third-order valence-corrected chi connectivity index (χ3v) is 5.70. The Balaban J connectivity index is 0.00000300. The lowest BCUT2D eigenvalue weighted by molar-refractivity contribution is -0.130. The number of nitrogens with one attached hydrogen (secondary N) is 1. The molecule has 3 rings (SSSR count). The molecule has 0 spiro atoms. The number of aryl methyl sites for hydroxylation is 1. The molecule has 160 valence electrons. The van der Waals surface area contributed by atoms with Crippen molar-refractivity contribution in [3.05, 3.63) is 42.2 Å². The van der Waals surface area contributed by atoms with Gasteiger partial charge in [-0.15, -0.1) is 12.4 Å². The fourth-order valence-corrected chi connectivity index (χ4v) is 3.81. The maximum absolute atomic E-state index is 12.3. The van der Waals surface area contributed by atoms with Crippen molar-refractivity contribution in [3.8, 4) is 11.3 Å². The van der Waals surface area contributed by atoms with Crippen LogP contribution in [-0.2, 0) is 11.2 Å². The Morgan fingerprint density at radius 1 is 1.17 bits per heavy atom. The zero-order valence-corrected chi connectivity index (χ0v) is 18.3. The Hall–Kier alpha value is -1.85. The molecule has 5 nitrogen and oxygen atoms in total. The van der Waals surface area contributed by atoms with Gasteiger partial charge in [-0.05, 0) is 51.1 Å². The summed E-state index contributed by atoms with van der Waals surface area (Å²) in [6.07, 6.45) is 8.24.